The van der Waals surface area contributed by atoms with Crippen LogP contribution in [0.4, 0.5) is 10.5 Å². The molecule has 2 saturated heterocycles. The Balaban J connectivity index is 1.38. The highest BCUT2D eigenvalue weighted by atomic mass is 16.2. The van der Waals surface area contributed by atoms with E-state index in [1.54, 1.807) is 24.3 Å². The summed E-state index contributed by atoms with van der Waals surface area (Å²) in [5.74, 6) is -0.468. The van der Waals surface area contributed by atoms with Gasteiger partial charge >= 0.3 is 6.03 Å². The van der Waals surface area contributed by atoms with E-state index in [2.05, 4.69) is 31.4 Å². The number of nitrogens with zero attached hydrogens (tertiary/aromatic N) is 2. The number of benzene rings is 1. The average molecular weight is 441 g/mol. The number of anilines is 1. The molecule has 3 aliphatic rings. The van der Waals surface area contributed by atoms with Gasteiger partial charge in [-0.2, -0.15) is 0 Å². The third-order valence-electron chi connectivity index (χ3n) is 6.73. The zero-order valence-electron chi connectivity index (χ0n) is 19.1. The van der Waals surface area contributed by atoms with Crippen molar-refractivity contribution in [3.05, 3.63) is 29.8 Å². The molecule has 1 spiro atoms. The van der Waals surface area contributed by atoms with Crippen LogP contribution in [0, 0.1) is 11.3 Å². The van der Waals surface area contributed by atoms with Crippen molar-refractivity contribution in [2.75, 3.05) is 25.0 Å². The highest BCUT2D eigenvalue weighted by molar-refractivity contribution is 6.10. The van der Waals surface area contributed by atoms with E-state index in [4.69, 9.17) is 0 Å². The predicted molar refractivity (Wildman–Crippen MR) is 120 cm³/mol. The van der Waals surface area contributed by atoms with E-state index in [-0.39, 0.29) is 23.8 Å². The van der Waals surface area contributed by atoms with E-state index in [0.29, 0.717) is 30.0 Å². The van der Waals surface area contributed by atoms with Gasteiger partial charge in [0.1, 0.15) is 12.1 Å². The van der Waals surface area contributed by atoms with E-state index in [9.17, 15) is 19.2 Å². The lowest BCUT2D eigenvalue weighted by atomic mass is 9.64. The van der Waals surface area contributed by atoms with Crippen molar-refractivity contribution in [1.82, 2.24) is 15.1 Å². The molecule has 1 aliphatic carbocycles. The van der Waals surface area contributed by atoms with E-state index in [1.165, 1.54) is 0 Å². The molecule has 172 valence electrons. The third-order valence-corrected chi connectivity index (χ3v) is 6.73. The fraction of sp³-hybridized carbons (Fsp3) is 0.583. The van der Waals surface area contributed by atoms with Crippen molar-refractivity contribution in [3.8, 4) is 0 Å². The molecule has 8 heteroatoms. The Morgan fingerprint density at radius 2 is 1.75 bits per heavy atom. The maximum atomic E-state index is 13.2. The van der Waals surface area contributed by atoms with Gasteiger partial charge in [-0.15, -0.1) is 0 Å². The lowest BCUT2D eigenvalue weighted by Crippen LogP contribution is -2.54. The van der Waals surface area contributed by atoms with Crippen LogP contribution in [0.2, 0.25) is 0 Å². The minimum atomic E-state index is -0.921. The largest absolute Gasteiger partial charge is 0.339 e. The summed E-state index contributed by atoms with van der Waals surface area (Å²) in [5, 5.41) is 5.61. The minimum absolute atomic E-state index is 0.00496. The molecule has 2 unspecified atom stereocenters. The van der Waals surface area contributed by atoms with Crippen molar-refractivity contribution >= 4 is 29.4 Å². The number of imide groups is 1. The summed E-state index contributed by atoms with van der Waals surface area (Å²) in [7, 11) is 0. The number of amides is 5. The van der Waals surface area contributed by atoms with Crippen LogP contribution in [0.25, 0.3) is 0 Å². The van der Waals surface area contributed by atoms with E-state index >= 15 is 0 Å². The topological polar surface area (TPSA) is 98.8 Å². The molecular weight excluding hydrogens is 408 g/mol. The van der Waals surface area contributed by atoms with Crippen LogP contribution in [0.1, 0.15) is 63.2 Å². The first-order valence-electron chi connectivity index (χ1n) is 11.4. The van der Waals surface area contributed by atoms with Crippen molar-refractivity contribution in [2.24, 2.45) is 11.3 Å². The highest BCUT2D eigenvalue weighted by Crippen LogP contribution is 2.46. The standard InChI is InChI=1S/C24H32N4O4/c1-16-12-23(2,3)15-24(13-16)21(31)28(22(32)26-24)14-19(29)25-18-8-6-17(7-9-18)20(30)27-10-4-5-11-27/h6-9,16H,4-5,10-15H2,1-3H3,(H,25,29)(H,26,32). The van der Waals surface area contributed by atoms with Gasteiger partial charge in [-0.3, -0.25) is 19.3 Å². The van der Waals surface area contributed by atoms with Gasteiger partial charge in [0.2, 0.25) is 5.91 Å². The number of hydrogen-bond donors (Lipinski definition) is 2. The normalized spacial score (nSPS) is 27.0. The Morgan fingerprint density at radius 1 is 1.09 bits per heavy atom. The van der Waals surface area contributed by atoms with Crippen LogP contribution in [0.3, 0.4) is 0 Å². The number of nitrogens with one attached hydrogen (secondary N) is 2. The van der Waals surface area contributed by atoms with Crippen molar-refractivity contribution in [2.45, 2.75) is 58.4 Å². The fourth-order valence-corrected chi connectivity index (χ4v) is 5.79. The quantitative estimate of drug-likeness (QED) is 0.703. The number of likely N-dealkylation sites (tertiary alicyclic amines) is 1. The second-order valence-corrected chi connectivity index (χ2v) is 10.4. The molecule has 5 amide bonds. The Hall–Kier alpha value is -2.90. The van der Waals surface area contributed by atoms with E-state index in [0.717, 1.165) is 37.3 Å². The second-order valence-electron chi connectivity index (χ2n) is 10.4. The van der Waals surface area contributed by atoms with Gasteiger partial charge in [-0.1, -0.05) is 20.8 Å². The summed E-state index contributed by atoms with van der Waals surface area (Å²) in [4.78, 5) is 53.7. The zero-order chi connectivity index (χ0) is 23.1. The van der Waals surface area contributed by atoms with Gasteiger partial charge in [-0.05, 0) is 67.7 Å². The molecule has 1 saturated carbocycles. The van der Waals surface area contributed by atoms with Crippen LogP contribution in [0.15, 0.2) is 24.3 Å². The lowest BCUT2D eigenvalue weighted by Gasteiger charge is -2.43. The van der Waals surface area contributed by atoms with Crippen molar-refractivity contribution in [1.29, 1.82) is 0 Å². The molecule has 4 rings (SSSR count). The fourth-order valence-electron chi connectivity index (χ4n) is 5.79. The molecule has 2 N–H and O–H groups in total. The molecule has 1 aromatic carbocycles. The summed E-state index contributed by atoms with van der Waals surface area (Å²) in [6.07, 6.45) is 4.21. The van der Waals surface area contributed by atoms with Crippen LogP contribution in [-0.4, -0.2) is 58.7 Å². The number of carbonyl (C=O) groups is 4. The van der Waals surface area contributed by atoms with Gasteiger partial charge in [-0.25, -0.2) is 4.79 Å². The summed E-state index contributed by atoms with van der Waals surface area (Å²) < 4.78 is 0. The van der Waals surface area contributed by atoms with Gasteiger partial charge in [0, 0.05) is 24.3 Å². The summed E-state index contributed by atoms with van der Waals surface area (Å²) in [5.41, 5.74) is 0.112. The maximum Gasteiger partial charge on any atom is 0.325 e. The van der Waals surface area contributed by atoms with Crippen LogP contribution < -0.4 is 10.6 Å². The van der Waals surface area contributed by atoms with Crippen LogP contribution in [-0.2, 0) is 9.59 Å². The van der Waals surface area contributed by atoms with Crippen molar-refractivity contribution in [3.63, 3.8) is 0 Å². The molecule has 3 fully saturated rings. The van der Waals surface area contributed by atoms with E-state index in [1.807, 2.05) is 4.90 Å². The molecule has 0 radical (unpaired) electrons. The number of urea groups is 1. The number of carbonyl (C=O) groups excluding carboxylic acids is 4. The molecule has 2 aliphatic heterocycles. The van der Waals surface area contributed by atoms with Gasteiger partial charge < -0.3 is 15.5 Å². The Labute approximate surface area is 188 Å². The van der Waals surface area contributed by atoms with Crippen molar-refractivity contribution < 1.29 is 19.2 Å². The molecule has 8 nitrogen and oxygen atoms in total. The van der Waals surface area contributed by atoms with Gasteiger partial charge in [0.05, 0.1) is 0 Å². The predicted octanol–water partition coefficient (Wildman–Crippen LogP) is 3.00. The molecule has 1 aromatic rings. The first-order chi connectivity index (χ1) is 15.1. The molecule has 2 atom stereocenters. The van der Waals surface area contributed by atoms with Gasteiger partial charge in [0.25, 0.3) is 11.8 Å². The number of rotatable bonds is 4. The molecular formula is C24H32N4O4. The third kappa shape index (κ3) is 4.36. The highest BCUT2D eigenvalue weighted by Gasteiger charge is 2.56. The number of hydrogen-bond acceptors (Lipinski definition) is 4. The second kappa shape index (κ2) is 8.22. The summed E-state index contributed by atoms with van der Waals surface area (Å²) >= 11 is 0. The van der Waals surface area contributed by atoms with E-state index < -0.39 is 17.5 Å². The SMILES string of the molecule is CC1CC(C)(C)CC2(C1)NC(=O)N(CC(=O)Nc1ccc(C(=O)N3CCCC3)cc1)C2=O. The van der Waals surface area contributed by atoms with Crippen LogP contribution >= 0.6 is 0 Å². The maximum absolute atomic E-state index is 13.2. The first kappa shape index (κ1) is 22.3. The average Bonchev–Trinajstić information content (AvgIpc) is 3.30. The Morgan fingerprint density at radius 3 is 2.38 bits per heavy atom. The zero-order valence-corrected chi connectivity index (χ0v) is 19.1. The summed E-state index contributed by atoms with van der Waals surface area (Å²) in [6.45, 7) is 7.53. The van der Waals surface area contributed by atoms with Crippen LogP contribution in [0.5, 0.6) is 0 Å². The monoisotopic (exact) mass is 440 g/mol. The van der Waals surface area contributed by atoms with Gasteiger partial charge in [0.15, 0.2) is 0 Å². The Bertz CT molecular complexity index is 936. The Kier molecular flexibility index (Phi) is 5.73. The molecule has 0 bridgehead atoms. The molecule has 0 aromatic heterocycles. The molecule has 2 heterocycles. The lowest BCUT2D eigenvalue weighted by molar-refractivity contribution is -0.136. The smallest absolute Gasteiger partial charge is 0.325 e. The summed E-state index contributed by atoms with van der Waals surface area (Å²) in [6, 6.07) is 6.19. The first-order valence-corrected chi connectivity index (χ1v) is 11.4. The minimum Gasteiger partial charge on any atom is -0.339 e. The molecule has 32 heavy (non-hydrogen) atoms.